The van der Waals surface area contributed by atoms with Crippen molar-refractivity contribution in [3.8, 4) is 5.75 Å². The summed E-state index contributed by atoms with van der Waals surface area (Å²) in [6.07, 6.45) is 2.46. The molecule has 1 aliphatic rings. The number of nitrogens with one attached hydrogen (secondary N) is 1. The maximum absolute atomic E-state index is 12.8. The molecule has 1 fully saturated rings. The number of benzene rings is 2. The number of carbonyl (C=O) groups excluding carboxylic acids is 1. The third-order valence-electron chi connectivity index (χ3n) is 5.03. The molecule has 0 atom stereocenters. The number of hydrogen-bond donors (Lipinski definition) is 1. The van der Waals surface area contributed by atoms with E-state index in [9.17, 15) is 4.79 Å². The minimum Gasteiger partial charge on any atom is -0.491 e. The van der Waals surface area contributed by atoms with Crippen molar-refractivity contribution in [3.05, 3.63) is 48.5 Å². The van der Waals surface area contributed by atoms with E-state index in [4.69, 9.17) is 9.15 Å². The fourth-order valence-corrected chi connectivity index (χ4v) is 3.47. The first-order valence-electron chi connectivity index (χ1n) is 9.88. The van der Waals surface area contributed by atoms with E-state index in [1.807, 2.05) is 48.5 Å². The van der Waals surface area contributed by atoms with Gasteiger partial charge in [0.2, 0.25) is 5.91 Å². The molecule has 0 saturated carbocycles. The number of rotatable bonds is 6. The third kappa shape index (κ3) is 3.96. The highest BCUT2D eigenvalue weighted by atomic mass is 16.5. The summed E-state index contributed by atoms with van der Waals surface area (Å²) in [7, 11) is 0. The minimum absolute atomic E-state index is 0.0279. The van der Waals surface area contributed by atoms with Gasteiger partial charge in [0.15, 0.2) is 5.58 Å². The second kappa shape index (κ2) is 8.33. The van der Waals surface area contributed by atoms with Crippen molar-refractivity contribution in [1.29, 1.82) is 0 Å². The van der Waals surface area contributed by atoms with Crippen LogP contribution in [0, 0.1) is 5.92 Å². The number of aromatic nitrogens is 1. The van der Waals surface area contributed by atoms with Gasteiger partial charge < -0.3 is 19.4 Å². The molecule has 0 spiro atoms. The molecule has 2 heterocycles. The van der Waals surface area contributed by atoms with Crippen molar-refractivity contribution >= 4 is 28.7 Å². The number of para-hydroxylation sites is 4. The van der Waals surface area contributed by atoms with Crippen molar-refractivity contribution in [3.63, 3.8) is 0 Å². The van der Waals surface area contributed by atoms with Gasteiger partial charge in [-0.1, -0.05) is 31.2 Å². The lowest BCUT2D eigenvalue weighted by Crippen LogP contribution is -2.38. The van der Waals surface area contributed by atoms with E-state index in [1.54, 1.807) is 0 Å². The van der Waals surface area contributed by atoms with Crippen molar-refractivity contribution in [2.45, 2.75) is 26.2 Å². The lowest BCUT2D eigenvalue weighted by molar-refractivity contribution is -0.120. The standard InChI is InChI=1S/C22H25N3O3/c1-2-15-27-19-9-5-3-7-17(19)23-21(26)16-11-13-25(14-12-16)22-24-18-8-4-6-10-20(18)28-22/h3-10,16H,2,11-15H2,1H3,(H,23,26). The quantitative estimate of drug-likeness (QED) is 0.684. The SMILES string of the molecule is CCCOc1ccccc1NC(=O)C1CCN(c2nc3ccccc3o2)CC1. The van der Waals surface area contributed by atoms with E-state index in [-0.39, 0.29) is 11.8 Å². The van der Waals surface area contributed by atoms with Gasteiger partial charge in [0, 0.05) is 19.0 Å². The molecule has 4 rings (SSSR count). The van der Waals surface area contributed by atoms with Gasteiger partial charge in [0.1, 0.15) is 11.3 Å². The highest BCUT2D eigenvalue weighted by Gasteiger charge is 2.27. The van der Waals surface area contributed by atoms with Crippen molar-refractivity contribution < 1.29 is 13.9 Å². The van der Waals surface area contributed by atoms with Crippen molar-refractivity contribution in [1.82, 2.24) is 4.98 Å². The van der Waals surface area contributed by atoms with Gasteiger partial charge in [0.25, 0.3) is 6.01 Å². The molecule has 6 heteroatoms. The molecule has 1 amide bonds. The van der Waals surface area contributed by atoms with Crippen LogP contribution >= 0.6 is 0 Å². The molecule has 6 nitrogen and oxygen atoms in total. The fourth-order valence-electron chi connectivity index (χ4n) is 3.47. The molecular weight excluding hydrogens is 354 g/mol. The van der Waals surface area contributed by atoms with E-state index >= 15 is 0 Å². The van der Waals surface area contributed by atoms with Gasteiger partial charge in [-0.25, -0.2) is 0 Å². The van der Waals surface area contributed by atoms with Crippen LogP contribution in [0.5, 0.6) is 5.75 Å². The second-order valence-corrected chi connectivity index (χ2v) is 7.06. The maximum Gasteiger partial charge on any atom is 0.298 e. The van der Waals surface area contributed by atoms with Crippen molar-refractivity contribution in [2.75, 3.05) is 29.9 Å². The molecule has 3 aromatic rings. The van der Waals surface area contributed by atoms with Crippen LogP contribution in [0.3, 0.4) is 0 Å². The van der Waals surface area contributed by atoms with E-state index < -0.39 is 0 Å². The van der Waals surface area contributed by atoms with Crippen molar-refractivity contribution in [2.24, 2.45) is 5.92 Å². The molecule has 1 saturated heterocycles. The number of hydrogen-bond acceptors (Lipinski definition) is 5. The van der Waals surface area contributed by atoms with Gasteiger partial charge in [-0.3, -0.25) is 4.79 Å². The summed E-state index contributed by atoms with van der Waals surface area (Å²) in [4.78, 5) is 19.4. The highest BCUT2D eigenvalue weighted by molar-refractivity contribution is 5.94. The molecule has 28 heavy (non-hydrogen) atoms. The van der Waals surface area contributed by atoms with Crippen LogP contribution in [0.1, 0.15) is 26.2 Å². The first-order chi connectivity index (χ1) is 13.7. The summed E-state index contributed by atoms with van der Waals surface area (Å²) < 4.78 is 11.6. The second-order valence-electron chi connectivity index (χ2n) is 7.06. The minimum atomic E-state index is -0.0279. The fraction of sp³-hybridized carbons (Fsp3) is 0.364. The number of piperidine rings is 1. The first-order valence-corrected chi connectivity index (χ1v) is 9.88. The van der Waals surface area contributed by atoms with Crippen LogP contribution in [0.15, 0.2) is 52.9 Å². The zero-order valence-electron chi connectivity index (χ0n) is 16.1. The smallest absolute Gasteiger partial charge is 0.298 e. The topological polar surface area (TPSA) is 67.6 Å². The van der Waals surface area contributed by atoms with Gasteiger partial charge in [-0.05, 0) is 43.5 Å². The number of nitrogens with zero attached hydrogens (tertiary/aromatic N) is 2. The maximum atomic E-state index is 12.8. The van der Waals surface area contributed by atoms with Crippen LogP contribution in [-0.2, 0) is 4.79 Å². The van der Waals surface area contributed by atoms with Gasteiger partial charge in [-0.15, -0.1) is 0 Å². The van der Waals surface area contributed by atoms with Gasteiger partial charge >= 0.3 is 0 Å². The normalized spacial score (nSPS) is 15.0. The summed E-state index contributed by atoms with van der Waals surface area (Å²) in [6.45, 7) is 4.19. The summed E-state index contributed by atoms with van der Waals surface area (Å²) >= 11 is 0. The Morgan fingerprint density at radius 2 is 1.93 bits per heavy atom. The molecule has 146 valence electrons. The summed E-state index contributed by atoms with van der Waals surface area (Å²) in [5, 5.41) is 3.04. The zero-order valence-corrected chi connectivity index (χ0v) is 16.1. The largest absolute Gasteiger partial charge is 0.491 e. The van der Waals surface area contributed by atoms with Crippen LogP contribution < -0.4 is 15.0 Å². The number of oxazole rings is 1. The van der Waals surface area contributed by atoms with Crippen LogP contribution in [0.2, 0.25) is 0 Å². The van der Waals surface area contributed by atoms with Crippen LogP contribution in [0.25, 0.3) is 11.1 Å². The molecule has 1 aromatic heterocycles. The Morgan fingerprint density at radius 3 is 2.71 bits per heavy atom. The molecule has 1 N–H and O–H groups in total. The first kappa shape index (κ1) is 18.3. The lowest BCUT2D eigenvalue weighted by Gasteiger charge is -2.30. The lowest BCUT2D eigenvalue weighted by atomic mass is 9.96. The number of fused-ring (bicyclic) bond motifs is 1. The Morgan fingerprint density at radius 1 is 1.18 bits per heavy atom. The molecule has 0 radical (unpaired) electrons. The molecular formula is C22H25N3O3. The Hall–Kier alpha value is -3.02. The molecule has 1 aliphatic heterocycles. The predicted octanol–water partition coefficient (Wildman–Crippen LogP) is 4.47. The summed E-state index contributed by atoms with van der Waals surface area (Å²) in [6, 6.07) is 16.0. The monoisotopic (exact) mass is 379 g/mol. The van der Waals surface area contributed by atoms with Crippen LogP contribution in [-0.4, -0.2) is 30.6 Å². The van der Waals surface area contributed by atoms with Gasteiger partial charge in [0.05, 0.1) is 12.3 Å². The summed E-state index contributed by atoms with van der Waals surface area (Å²) in [5.41, 5.74) is 2.39. The van der Waals surface area contributed by atoms with Gasteiger partial charge in [-0.2, -0.15) is 4.98 Å². The number of ether oxygens (including phenoxy) is 1. The average Bonchev–Trinajstić information content (AvgIpc) is 3.17. The average molecular weight is 379 g/mol. The predicted molar refractivity (Wildman–Crippen MR) is 110 cm³/mol. The zero-order chi connectivity index (χ0) is 19.3. The van der Waals surface area contributed by atoms with E-state index in [2.05, 4.69) is 22.1 Å². The Labute approximate surface area is 164 Å². The Kier molecular flexibility index (Phi) is 5.46. The molecule has 0 bridgehead atoms. The molecule has 0 unspecified atom stereocenters. The number of carbonyl (C=O) groups is 1. The molecule has 2 aromatic carbocycles. The van der Waals surface area contributed by atoms with E-state index in [0.717, 1.165) is 54.9 Å². The van der Waals surface area contributed by atoms with Crippen LogP contribution in [0.4, 0.5) is 11.7 Å². The third-order valence-corrected chi connectivity index (χ3v) is 5.03. The highest BCUT2D eigenvalue weighted by Crippen LogP contribution is 2.29. The van der Waals surface area contributed by atoms with E-state index in [1.165, 1.54) is 0 Å². The molecule has 0 aliphatic carbocycles. The number of anilines is 2. The van der Waals surface area contributed by atoms with E-state index in [0.29, 0.717) is 12.6 Å². The Bertz CT molecular complexity index is 912. The number of amides is 1. The summed E-state index contributed by atoms with van der Waals surface area (Å²) in [5.74, 6) is 0.742. The Balaban J connectivity index is 1.36.